The maximum absolute atomic E-state index is 11.3. The van der Waals surface area contributed by atoms with Crippen LogP contribution in [0, 0.1) is 13.8 Å². The second-order valence-corrected chi connectivity index (χ2v) is 7.01. The van der Waals surface area contributed by atoms with Gasteiger partial charge in [-0.05, 0) is 26.7 Å². The summed E-state index contributed by atoms with van der Waals surface area (Å²) in [6.45, 7) is 8.41. The van der Waals surface area contributed by atoms with Gasteiger partial charge in [0.2, 0.25) is 5.91 Å². The Kier molecular flexibility index (Phi) is 3.99. The molecule has 1 aliphatic heterocycles. The zero-order valence-electron chi connectivity index (χ0n) is 12.8. The topological polar surface area (TPSA) is 49.6 Å². The molecule has 1 amide bonds. The predicted octanol–water partition coefficient (Wildman–Crippen LogP) is 2.11. The Morgan fingerprint density at radius 3 is 2.81 bits per heavy atom. The van der Waals surface area contributed by atoms with Crippen LogP contribution in [0.4, 0.5) is 0 Å². The number of nitrogens with zero attached hydrogens (tertiary/aromatic N) is 3. The van der Waals surface area contributed by atoms with E-state index < -0.39 is 0 Å². The second-order valence-electron chi connectivity index (χ2n) is 5.80. The van der Waals surface area contributed by atoms with Gasteiger partial charge in [0.25, 0.3) is 0 Å². The van der Waals surface area contributed by atoms with Crippen molar-refractivity contribution in [3.63, 3.8) is 0 Å². The van der Waals surface area contributed by atoms with Gasteiger partial charge in [-0.3, -0.25) is 9.20 Å². The fourth-order valence-electron chi connectivity index (χ4n) is 2.96. The molecule has 0 radical (unpaired) electrons. The quantitative estimate of drug-likeness (QED) is 0.945. The maximum atomic E-state index is 11.3. The normalized spacial score (nSPS) is 16.8. The van der Waals surface area contributed by atoms with Gasteiger partial charge in [-0.1, -0.05) is 0 Å². The Hall–Kier alpha value is -1.40. The van der Waals surface area contributed by atoms with Gasteiger partial charge < -0.3 is 10.2 Å². The third-order valence-electron chi connectivity index (χ3n) is 4.24. The molecule has 114 valence electrons. The van der Waals surface area contributed by atoms with Crippen LogP contribution in [0.2, 0.25) is 0 Å². The molecule has 0 unspecified atom stereocenters. The fraction of sp³-hybridized carbons (Fsp3) is 0.600. The largest absolute Gasteiger partial charge is 0.343 e. The second kappa shape index (κ2) is 5.77. The van der Waals surface area contributed by atoms with Crippen LogP contribution in [-0.4, -0.2) is 39.3 Å². The number of hydrogen-bond donors (Lipinski definition) is 1. The Morgan fingerprint density at radius 1 is 1.43 bits per heavy atom. The molecule has 1 aliphatic rings. The van der Waals surface area contributed by atoms with E-state index in [4.69, 9.17) is 0 Å². The third-order valence-corrected chi connectivity index (χ3v) is 5.14. The number of hydrogen-bond acceptors (Lipinski definition) is 4. The molecule has 0 spiro atoms. The summed E-state index contributed by atoms with van der Waals surface area (Å²) < 4.78 is 2.20. The molecular weight excluding hydrogens is 284 g/mol. The summed E-state index contributed by atoms with van der Waals surface area (Å²) in [4.78, 5) is 20.3. The standard InChI is InChI=1S/C15H22N4OS/c1-10-9-19-14(11(2)17-15(19)21-10)8-16-13-4-6-18(7-5-13)12(3)20/h9,13,16H,4-8H2,1-3H3. The lowest BCUT2D eigenvalue weighted by atomic mass is 10.0. The molecule has 0 aromatic carbocycles. The summed E-state index contributed by atoms with van der Waals surface area (Å²) in [5.74, 6) is 0.190. The van der Waals surface area contributed by atoms with Crippen LogP contribution >= 0.6 is 11.3 Å². The number of nitrogens with one attached hydrogen (secondary N) is 1. The summed E-state index contributed by atoms with van der Waals surface area (Å²) in [5.41, 5.74) is 2.36. The molecule has 0 saturated carbocycles. The number of fused-ring (bicyclic) bond motifs is 1. The fourth-order valence-corrected chi connectivity index (χ4v) is 3.85. The molecule has 1 N–H and O–H groups in total. The Morgan fingerprint density at radius 2 is 2.14 bits per heavy atom. The van der Waals surface area contributed by atoms with E-state index in [1.165, 1.54) is 10.6 Å². The minimum atomic E-state index is 0.190. The van der Waals surface area contributed by atoms with E-state index in [2.05, 4.69) is 34.7 Å². The Balaban J connectivity index is 1.62. The van der Waals surface area contributed by atoms with Crippen LogP contribution in [-0.2, 0) is 11.3 Å². The van der Waals surface area contributed by atoms with Gasteiger partial charge >= 0.3 is 0 Å². The van der Waals surface area contributed by atoms with Crippen molar-refractivity contribution >= 4 is 22.2 Å². The number of piperidine rings is 1. The van der Waals surface area contributed by atoms with Gasteiger partial charge in [0.1, 0.15) is 0 Å². The van der Waals surface area contributed by atoms with Crippen molar-refractivity contribution < 1.29 is 4.79 Å². The number of aryl methyl sites for hydroxylation is 2. The van der Waals surface area contributed by atoms with Crippen molar-refractivity contribution in [1.29, 1.82) is 0 Å². The summed E-state index contributed by atoms with van der Waals surface area (Å²) in [7, 11) is 0. The monoisotopic (exact) mass is 306 g/mol. The van der Waals surface area contributed by atoms with Crippen LogP contribution < -0.4 is 5.32 Å². The molecule has 1 fully saturated rings. The highest BCUT2D eigenvalue weighted by atomic mass is 32.1. The van der Waals surface area contributed by atoms with Gasteiger partial charge in [0.15, 0.2) is 4.96 Å². The number of imidazole rings is 1. The first-order chi connectivity index (χ1) is 10.0. The van der Waals surface area contributed by atoms with Crippen LogP contribution in [0.1, 0.15) is 36.0 Å². The van der Waals surface area contributed by atoms with E-state index in [0.29, 0.717) is 6.04 Å². The van der Waals surface area contributed by atoms with E-state index >= 15 is 0 Å². The number of likely N-dealkylation sites (tertiary alicyclic amines) is 1. The zero-order valence-corrected chi connectivity index (χ0v) is 13.7. The molecule has 1 saturated heterocycles. The van der Waals surface area contributed by atoms with Gasteiger partial charge in [-0.2, -0.15) is 0 Å². The van der Waals surface area contributed by atoms with E-state index in [0.717, 1.165) is 43.1 Å². The highest BCUT2D eigenvalue weighted by molar-refractivity contribution is 7.17. The minimum absolute atomic E-state index is 0.190. The number of carbonyl (C=O) groups excluding carboxylic acids is 1. The zero-order chi connectivity index (χ0) is 15.0. The van der Waals surface area contributed by atoms with Crippen LogP contribution in [0.25, 0.3) is 4.96 Å². The molecular formula is C15H22N4OS. The summed E-state index contributed by atoms with van der Waals surface area (Å²) >= 11 is 1.73. The molecule has 0 atom stereocenters. The molecule has 2 aromatic rings. The van der Waals surface area contributed by atoms with Gasteiger partial charge in [-0.15, -0.1) is 11.3 Å². The van der Waals surface area contributed by atoms with Crippen molar-refractivity contribution in [2.75, 3.05) is 13.1 Å². The molecule has 0 aliphatic carbocycles. The van der Waals surface area contributed by atoms with Crippen molar-refractivity contribution in [2.45, 2.75) is 46.2 Å². The number of amides is 1. The van der Waals surface area contributed by atoms with Gasteiger partial charge in [-0.25, -0.2) is 4.98 Å². The van der Waals surface area contributed by atoms with Crippen molar-refractivity contribution in [1.82, 2.24) is 19.6 Å². The molecule has 3 heterocycles. The number of rotatable bonds is 3. The molecule has 21 heavy (non-hydrogen) atoms. The lowest BCUT2D eigenvalue weighted by Crippen LogP contribution is -2.44. The SMILES string of the molecule is CC(=O)N1CCC(NCc2c(C)nc3sc(C)cn23)CC1. The lowest BCUT2D eigenvalue weighted by Gasteiger charge is -2.31. The van der Waals surface area contributed by atoms with E-state index in [1.807, 2.05) is 4.90 Å². The number of carbonyl (C=O) groups is 1. The van der Waals surface area contributed by atoms with E-state index in [9.17, 15) is 4.79 Å². The first kappa shape index (κ1) is 14.5. The highest BCUT2D eigenvalue weighted by Gasteiger charge is 2.21. The van der Waals surface area contributed by atoms with Crippen LogP contribution in [0.5, 0.6) is 0 Å². The van der Waals surface area contributed by atoms with Gasteiger partial charge in [0.05, 0.1) is 11.4 Å². The minimum Gasteiger partial charge on any atom is -0.343 e. The molecule has 5 nitrogen and oxygen atoms in total. The highest BCUT2D eigenvalue weighted by Crippen LogP contribution is 2.21. The van der Waals surface area contributed by atoms with E-state index in [1.54, 1.807) is 18.3 Å². The average Bonchev–Trinajstić information content (AvgIpc) is 2.92. The van der Waals surface area contributed by atoms with Crippen molar-refractivity contribution in [2.24, 2.45) is 0 Å². The van der Waals surface area contributed by atoms with Gasteiger partial charge in [0, 0.05) is 43.7 Å². The Labute approximate surface area is 129 Å². The molecule has 6 heteroatoms. The Bertz CT molecular complexity index is 652. The summed E-state index contributed by atoms with van der Waals surface area (Å²) in [6, 6.07) is 0.491. The maximum Gasteiger partial charge on any atom is 0.219 e. The average molecular weight is 306 g/mol. The molecule has 3 rings (SSSR count). The molecule has 2 aromatic heterocycles. The van der Waals surface area contributed by atoms with Crippen molar-refractivity contribution in [3.05, 3.63) is 22.5 Å². The number of aromatic nitrogens is 2. The lowest BCUT2D eigenvalue weighted by molar-refractivity contribution is -0.129. The van der Waals surface area contributed by atoms with Crippen molar-refractivity contribution in [3.8, 4) is 0 Å². The molecule has 0 bridgehead atoms. The summed E-state index contributed by atoms with van der Waals surface area (Å²) in [6.07, 6.45) is 4.22. The van der Waals surface area contributed by atoms with Crippen LogP contribution in [0.3, 0.4) is 0 Å². The summed E-state index contributed by atoms with van der Waals surface area (Å²) in [5, 5.41) is 3.63. The smallest absolute Gasteiger partial charge is 0.219 e. The van der Waals surface area contributed by atoms with E-state index in [-0.39, 0.29) is 5.91 Å². The first-order valence-electron chi connectivity index (χ1n) is 7.47. The first-order valence-corrected chi connectivity index (χ1v) is 8.29. The number of thiazole rings is 1. The third kappa shape index (κ3) is 2.96. The van der Waals surface area contributed by atoms with Crippen LogP contribution in [0.15, 0.2) is 6.20 Å². The predicted molar refractivity (Wildman–Crippen MR) is 84.7 cm³/mol.